The monoisotopic (exact) mass is 227 g/mol. The smallest absolute Gasteiger partial charge is 0.0636 e. The summed E-state index contributed by atoms with van der Waals surface area (Å²) >= 11 is 3.37. The summed E-state index contributed by atoms with van der Waals surface area (Å²) in [5.41, 5.74) is 4.43. The van der Waals surface area contributed by atoms with Gasteiger partial charge in [-0.3, -0.25) is 10.3 Å². The third-order valence-corrected chi connectivity index (χ3v) is 1.89. The average Bonchev–Trinajstić information content (AvgIpc) is 2.05. The first kappa shape index (κ1) is 9.29. The highest BCUT2D eigenvalue weighted by Crippen LogP contribution is 2.15. The third kappa shape index (κ3) is 2.36. The predicted octanol–water partition coefficient (Wildman–Crippen LogP) is 2.57. The van der Waals surface area contributed by atoms with E-state index >= 15 is 0 Å². The first-order valence-corrected chi connectivity index (χ1v) is 4.27. The quantitative estimate of drug-likeness (QED) is 0.802. The summed E-state index contributed by atoms with van der Waals surface area (Å²) in [6.45, 7) is 3.80. The molecule has 2 nitrogen and oxygen atoms in total. The second-order valence-electron chi connectivity index (χ2n) is 2.30. The van der Waals surface area contributed by atoms with Gasteiger partial charge in [0.25, 0.3) is 0 Å². The lowest BCUT2D eigenvalue weighted by atomic mass is 10.2. The molecule has 0 radical (unpaired) electrons. The third-order valence-electron chi connectivity index (χ3n) is 1.40. The molecule has 0 aromatic heterocycles. The summed E-state index contributed by atoms with van der Waals surface area (Å²) in [5, 5.41) is 0. The van der Waals surface area contributed by atoms with Gasteiger partial charge in [0, 0.05) is 10.0 Å². The Bertz CT molecular complexity index is 286. The van der Waals surface area contributed by atoms with E-state index in [1.165, 1.54) is 0 Å². The van der Waals surface area contributed by atoms with E-state index in [1.54, 1.807) is 7.11 Å². The Morgan fingerprint density at radius 2 is 2.33 bits per heavy atom. The topological polar surface area (TPSA) is 21.3 Å². The van der Waals surface area contributed by atoms with Crippen molar-refractivity contribution in [3.05, 3.63) is 40.9 Å². The minimum Gasteiger partial charge on any atom is -0.279 e. The van der Waals surface area contributed by atoms with Crippen LogP contribution in [0.3, 0.4) is 0 Å². The van der Waals surface area contributed by atoms with Crippen LogP contribution in [0.15, 0.2) is 35.3 Å². The van der Waals surface area contributed by atoms with Gasteiger partial charge in [0.1, 0.15) is 0 Å². The minimum atomic E-state index is 0.749. The molecule has 0 spiro atoms. The molecule has 64 valence electrons. The highest BCUT2D eigenvalue weighted by molar-refractivity contribution is 9.10. The van der Waals surface area contributed by atoms with Crippen molar-refractivity contribution in [3.63, 3.8) is 0 Å². The van der Waals surface area contributed by atoms with Crippen LogP contribution in [0.4, 0.5) is 0 Å². The molecule has 0 atom stereocenters. The molecule has 1 aromatic rings. The Morgan fingerprint density at radius 1 is 1.58 bits per heavy atom. The van der Waals surface area contributed by atoms with Crippen LogP contribution in [0.1, 0.15) is 5.56 Å². The summed E-state index contributed by atoms with van der Waals surface area (Å²) < 4.78 is 1.03. The molecule has 1 N–H and O–H groups in total. The average molecular weight is 228 g/mol. The van der Waals surface area contributed by atoms with E-state index in [0.29, 0.717) is 0 Å². The molecule has 0 saturated carbocycles. The van der Waals surface area contributed by atoms with E-state index in [-0.39, 0.29) is 0 Å². The largest absolute Gasteiger partial charge is 0.279 e. The van der Waals surface area contributed by atoms with Crippen LogP contribution in [0.2, 0.25) is 0 Å². The maximum absolute atomic E-state index is 4.73. The number of rotatable bonds is 3. The molecule has 12 heavy (non-hydrogen) atoms. The van der Waals surface area contributed by atoms with Crippen LogP contribution in [-0.4, -0.2) is 7.11 Å². The fourth-order valence-corrected chi connectivity index (χ4v) is 1.26. The SMILES string of the molecule is C=C(NOC)c1cccc(Br)c1. The molecule has 0 saturated heterocycles. The lowest BCUT2D eigenvalue weighted by Crippen LogP contribution is -2.08. The van der Waals surface area contributed by atoms with Gasteiger partial charge in [0.15, 0.2) is 0 Å². The molecule has 1 rings (SSSR count). The van der Waals surface area contributed by atoms with E-state index < -0.39 is 0 Å². The zero-order valence-electron chi connectivity index (χ0n) is 6.80. The van der Waals surface area contributed by atoms with Crippen molar-refractivity contribution in [2.75, 3.05) is 7.11 Å². The predicted molar refractivity (Wildman–Crippen MR) is 53.3 cm³/mol. The molecule has 0 heterocycles. The molecular weight excluding hydrogens is 218 g/mol. The summed E-state index contributed by atoms with van der Waals surface area (Å²) in [4.78, 5) is 4.73. The van der Waals surface area contributed by atoms with Gasteiger partial charge in [-0.15, -0.1) is 0 Å². The molecule has 0 amide bonds. The van der Waals surface area contributed by atoms with Crippen LogP contribution in [0.25, 0.3) is 5.70 Å². The van der Waals surface area contributed by atoms with Gasteiger partial charge < -0.3 is 0 Å². The highest BCUT2D eigenvalue weighted by atomic mass is 79.9. The Morgan fingerprint density at radius 3 is 2.92 bits per heavy atom. The standard InChI is InChI=1S/C9H10BrNO/c1-7(11-12-2)8-4-3-5-9(10)6-8/h3-6,11H,1H2,2H3. The van der Waals surface area contributed by atoms with Crippen LogP contribution in [-0.2, 0) is 4.84 Å². The zero-order chi connectivity index (χ0) is 8.97. The van der Waals surface area contributed by atoms with Gasteiger partial charge in [-0.05, 0) is 12.1 Å². The molecular formula is C9H10BrNO. The first-order valence-electron chi connectivity index (χ1n) is 3.48. The van der Waals surface area contributed by atoms with Gasteiger partial charge in [-0.2, -0.15) is 0 Å². The number of hydroxylamine groups is 1. The van der Waals surface area contributed by atoms with Gasteiger partial charge in [0.05, 0.1) is 12.8 Å². The second kappa shape index (κ2) is 4.28. The fraction of sp³-hybridized carbons (Fsp3) is 0.111. The first-order chi connectivity index (χ1) is 5.74. The normalized spacial score (nSPS) is 9.50. The number of hydrogen-bond acceptors (Lipinski definition) is 2. The van der Waals surface area contributed by atoms with Gasteiger partial charge in [-0.25, -0.2) is 0 Å². The second-order valence-corrected chi connectivity index (χ2v) is 3.21. The van der Waals surface area contributed by atoms with Crippen molar-refractivity contribution >= 4 is 21.6 Å². The van der Waals surface area contributed by atoms with E-state index in [1.807, 2.05) is 24.3 Å². The number of benzene rings is 1. The number of hydrogen-bond donors (Lipinski definition) is 1. The minimum absolute atomic E-state index is 0.749. The van der Waals surface area contributed by atoms with Crippen molar-refractivity contribution < 1.29 is 4.84 Å². The molecule has 1 aromatic carbocycles. The summed E-state index contributed by atoms with van der Waals surface area (Å²) in [6.07, 6.45) is 0. The van der Waals surface area contributed by atoms with Crippen LogP contribution in [0.5, 0.6) is 0 Å². The van der Waals surface area contributed by atoms with E-state index in [9.17, 15) is 0 Å². The Labute approximate surface area is 80.3 Å². The van der Waals surface area contributed by atoms with E-state index in [2.05, 4.69) is 28.0 Å². The van der Waals surface area contributed by atoms with Crippen molar-refractivity contribution in [2.24, 2.45) is 0 Å². The molecule has 0 aliphatic heterocycles. The Kier molecular flexibility index (Phi) is 3.31. The van der Waals surface area contributed by atoms with Gasteiger partial charge in [0.2, 0.25) is 0 Å². The van der Waals surface area contributed by atoms with Gasteiger partial charge >= 0.3 is 0 Å². The highest BCUT2D eigenvalue weighted by Gasteiger charge is 1.96. The summed E-state index contributed by atoms with van der Waals surface area (Å²) in [5.74, 6) is 0. The van der Waals surface area contributed by atoms with Crippen molar-refractivity contribution in [1.82, 2.24) is 5.48 Å². The maximum Gasteiger partial charge on any atom is 0.0636 e. The Balaban J connectivity index is 2.81. The zero-order valence-corrected chi connectivity index (χ0v) is 8.39. The molecule has 0 bridgehead atoms. The Hall–Kier alpha value is -0.800. The van der Waals surface area contributed by atoms with Crippen LogP contribution >= 0.6 is 15.9 Å². The fourth-order valence-electron chi connectivity index (χ4n) is 0.858. The summed E-state index contributed by atoms with van der Waals surface area (Å²) in [6, 6.07) is 7.83. The lowest BCUT2D eigenvalue weighted by molar-refractivity contribution is 0.137. The van der Waals surface area contributed by atoms with Crippen molar-refractivity contribution in [3.8, 4) is 0 Å². The molecule has 3 heteroatoms. The van der Waals surface area contributed by atoms with E-state index in [0.717, 1.165) is 15.7 Å². The lowest BCUT2D eigenvalue weighted by Gasteiger charge is -2.06. The van der Waals surface area contributed by atoms with Crippen LogP contribution in [0, 0.1) is 0 Å². The maximum atomic E-state index is 4.73. The van der Waals surface area contributed by atoms with Crippen LogP contribution < -0.4 is 5.48 Å². The van der Waals surface area contributed by atoms with Gasteiger partial charge in [-0.1, -0.05) is 34.6 Å². The van der Waals surface area contributed by atoms with E-state index in [4.69, 9.17) is 4.84 Å². The van der Waals surface area contributed by atoms with Crippen molar-refractivity contribution in [2.45, 2.75) is 0 Å². The van der Waals surface area contributed by atoms with Crippen molar-refractivity contribution in [1.29, 1.82) is 0 Å². The molecule has 0 aliphatic carbocycles. The molecule has 0 aliphatic rings. The summed E-state index contributed by atoms with van der Waals surface area (Å²) in [7, 11) is 1.56. The molecule has 0 fully saturated rings. The molecule has 0 unspecified atom stereocenters. The number of halogens is 1. The number of nitrogens with one attached hydrogen (secondary N) is 1.